The molecular formula is C25H28N2O3. The van der Waals surface area contributed by atoms with Gasteiger partial charge in [0.1, 0.15) is 5.54 Å². The number of anilines is 1. The molecule has 0 unspecified atom stereocenters. The summed E-state index contributed by atoms with van der Waals surface area (Å²) in [6.07, 6.45) is 6.59. The van der Waals surface area contributed by atoms with Crippen LogP contribution in [0.25, 0.3) is 10.8 Å². The maximum absolute atomic E-state index is 13.5. The van der Waals surface area contributed by atoms with Crippen molar-refractivity contribution < 1.29 is 14.4 Å². The van der Waals surface area contributed by atoms with E-state index in [1.165, 1.54) is 24.4 Å². The van der Waals surface area contributed by atoms with Crippen molar-refractivity contribution in [1.82, 2.24) is 5.17 Å². The van der Waals surface area contributed by atoms with Crippen LogP contribution in [0.4, 0.5) is 5.69 Å². The molecule has 0 atom stereocenters. The van der Waals surface area contributed by atoms with Gasteiger partial charge in [-0.15, -0.1) is 0 Å². The van der Waals surface area contributed by atoms with E-state index in [1.54, 1.807) is 0 Å². The van der Waals surface area contributed by atoms with Gasteiger partial charge in [-0.3, -0.25) is 4.79 Å². The quantitative estimate of drug-likeness (QED) is 0.733. The molecule has 0 N–H and O–H groups in total. The van der Waals surface area contributed by atoms with Gasteiger partial charge in [-0.2, -0.15) is 0 Å². The third-order valence-corrected chi connectivity index (χ3v) is 8.04. The Morgan fingerprint density at radius 3 is 2.20 bits per heavy atom. The zero-order valence-corrected chi connectivity index (χ0v) is 17.6. The highest BCUT2D eigenvalue weighted by atomic mass is 16.8. The number of benzene rings is 2. The van der Waals surface area contributed by atoms with Crippen molar-refractivity contribution in [2.75, 3.05) is 5.01 Å². The molecule has 2 aromatic carbocycles. The van der Waals surface area contributed by atoms with Crippen LogP contribution in [0.2, 0.25) is 0 Å². The third-order valence-electron chi connectivity index (χ3n) is 8.04. The fraction of sp³-hybridized carbons (Fsp3) is 0.520. The summed E-state index contributed by atoms with van der Waals surface area (Å²) in [5, 5.41) is 5.20. The van der Waals surface area contributed by atoms with Gasteiger partial charge in [-0.25, -0.2) is 9.80 Å². The number of carbonyl (C=O) groups is 2. The summed E-state index contributed by atoms with van der Waals surface area (Å²) < 4.78 is 0. The largest absolute Gasteiger partial charge is 0.341 e. The summed E-state index contributed by atoms with van der Waals surface area (Å²) in [5.74, 6) is 1.59. The van der Waals surface area contributed by atoms with Gasteiger partial charge in [-0.05, 0) is 81.6 Å². The second-order valence-electron chi connectivity index (χ2n) is 10.5. The zero-order chi connectivity index (χ0) is 20.7. The lowest BCUT2D eigenvalue weighted by atomic mass is 9.49. The second kappa shape index (κ2) is 5.99. The van der Waals surface area contributed by atoms with Crippen LogP contribution < -0.4 is 5.01 Å². The summed E-state index contributed by atoms with van der Waals surface area (Å²) in [6.45, 7) is 3.76. The molecule has 1 heterocycles. The molecule has 156 valence electrons. The smallest absolute Gasteiger partial charge is 0.317 e. The van der Waals surface area contributed by atoms with Crippen LogP contribution >= 0.6 is 0 Å². The molecule has 5 aliphatic rings. The monoisotopic (exact) mass is 404 g/mol. The standard InChI is InChI=1S/C25H28N2O3/c1-24(2)22(28)27(26(24)21-9-5-7-19-6-3-4-8-20(19)21)30-23(29)25-13-16-10-17(14-25)12-18(11-16)15-25/h3-9,16-18H,10-15H2,1-2H3. The summed E-state index contributed by atoms with van der Waals surface area (Å²) in [7, 11) is 0. The van der Waals surface area contributed by atoms with Crippen LogP contribution in [-0.2, 0) is 14.4 Å². The minimum absolute atomic E-state index is 0.173. The molecule has 0 radical (unpaired) electrons. The minimum Gasteiger partial charge on any atom is -0.317 e. The first kappa shape index (κ1) is 18.2. The Labute approximate surface area is 176 Å². The fourth-order valence-corrected chi connectivity index (χ4v) is 7.01. The predicted octanol–water partition coefficient (Wildman–Crippen LogP) is 4.86. The van der Waals surface area contributed by atoms with E-state index in [4.69, 9.17) is 4.84 Å². The van der Waals surface area contributed by atoms with Gasteiger partial charge in [-0.1, -0.05) is 41.6 Å². The lowest BCUT2D eigenvalue weighted by molar-refractivity contribution is -0.241. The molecule has 4 saturated carbocycles. The van der Waals surface area contributed by atoms with Crippen molar-refractivity contribution in [3.8, 4) is 0 Å². The maximum Gasteiger partial charge on any atom is 0.341 e. The Morgan fingerprint density at radius 2 is 1.53 bits per heavy atom. The molecule has 0 spiro atoms. The molecule has 7 rings (SSSR count). The molecule has 5 nitrogen and oxygen atoms in total. The number of fused-ring (bicyclic) bond motifs is 1. The normalized spacial score (nSPS) is 33.7. The molecule has 30 heavy (non-hydrogen) atoms. The van der Waals surface area contributed by atoms with E-state index in [9.17, 15) is 9.59 Å². The van der Waals surface area contributed by atoms with Crippen LogP contribution in [0.5, 0.6) is 0 Å². The van der Waals surface area contributed by atoms with Crippen LogP contribution in [0.15, 0.2) is 42.5 Å². The molecule has 5 heteroatoms. The van der Waals surface area contributed by atoms with Gasteiger partial charge in [0.25, 0.3) is 0 Å². The van der Waals surface area contributed by atoms with E-state index < -0.39 is 5.54 Å². The summed E-state index contributed by atoms with van der Waals surface area (Å²) >= 11 is 0. The number of hydrogen-bond acceptors (Lipinski definition) is 4. The summed E-state index contributed by atoms with van der Waals surface area (Å²) in [4.78, 5) is 32.3. The number of amides is 1. The Hall–Kier alpha value is -2.56. The highest BCUT2D eigenvalue weighted by Gasteiger charge is 2.60. The van der Waals surface area contributed by atoms with E-state index in [-0.39, 0.29) is 17.3 Å². The molecule has 4 aliphatic carbocycles. The fourth-order valence-electron chi connectivity index (χ4n) is 7.01. The van der Waals surface area contributed by atoms with E-state index >= 15 is 0 Å². The molecule has 0 aromatic heterocycles. The number of carbonyl (C=O) groups excluding carboxylic acids is 2. The van der Waals surface area contributed by atoms with E-state index in [2.05, 4.69) is 12.1 Å². The first-order valence-corrected chi connectivity index (χ1v) is 11.2. The average molecular weight is 405 g/mol. The first-order chi connectivity index (χ1) is 14.4. The van der Waals surface area contributed by atoms with Crippen molar-refractivity contribution in [2.45, 2.75) is 57.9 Å². The number of hydrogen-bond donors (Lipinski definition) is 0. The van der Waals surface area contributed by atoms with Crippen LogP contribution in [-0.4, -0.2) is 22.6 Å². The van der Waals surface area contributed by atoms with Gasteiger partial charge in [0.2, 0.25) is 0 Å². The Balaban J connectivity index is 1.32. The van der Waals surface area contributed by atoms with Crippen molar-refractivity contribution in [3.63, 3.8) is 0 Å². The van der Waals surface area contributed by atoms with Gasteiger partial charge >= 0.3 is 11.9 Å². The molecule has 1 aliphatic heterocycles. The minimum atomic E-state index is -0.758. The lowest BCUT2D eigenvalue weighted by Crippen LogP contribution is -2.76. The lowest BCUT2D eigenvalue weighted by Gasteiger charge is -2.57. The van der Waals surface area contributed by atoms with Crippen molar-refractivity contribution in [2.24, 2.45) is 23.2 Å². The molecule has 1 saturated heterocycles. The van der Waals surface area contributed by atoms with Gasteiger partial charge in [0.05, 0.1) is 11.1 Å². The molecular weight excluding hydrogens is 376 g/mol. The van der Waals surface area contributed by atoms with Gasteiger partial charge in [0, 0.05) is 5.39 Å². The number of nitrogens with zero attached hydrogens (tertiary/aromatic N) is 2. The average Bonchev–Trinajstić information content (AvgIpc) is 2.72. The predicted molar refractivity (Wildman–Crippen MR) is 114 cm³/mol. The number of hydroxylamine groups is 1. The SMILES string of the molecule is CC1(C)C(=O)N(OC(=O)C23CC4CC(CC(C4)C2)C3)N1c1cccc2ccccc12. The summed E-state index contributed by atoms with van der Waals surface area (Å²) in [6, 6.07) is 14.1. The first-order valence-electron chi connectivity index (χ1n) is 11.2. The summed E-state index contributed by atoms with van der Waals surface area (Å²) in [5.41, 5.74) is -0.263. The van der Waals surface area contributed by atoms with Crippen LogP contribution in [0.3, 0.4) is 0 Å². The second-order valence-corrected chi connectivity index (χ2v) is 10.5. The number of hydrazine groups is 1. The van der Waals surface area contributed by atoms with E-state index in [1.807, 2.05) is 49.2 Å². The maximum atomic E-state index is 13.5. The van der Waals surface area contributed by atoms with E-state index in [0.717, 1.165) is 35.7 Å². The highest BCUT2D eigenvalue weighted by molar-refractivity contribution is 6.03. The zero-order valence-electron chi connectivity index (χ0n) is 17.6. The Kier molecular flexibility index (Phi) is 3.64. The van der Waals surface area contributed by atoms with Crippen molar-refractivity contribution in [3.05, 3.63) is 42.5 Å². The van der Waals surface area contributed by atoms with Gasteiger partial charge < -0.3 is 4.84 Å². The Bertz CT molecular complexity index is 1020. The Morgan fingerprint density at radius 1 is 0.933 bits per heavy atom. The van der Waals surface area contributed by atoms with Crippen LogP contribution in [0, 0.1) is 23.2 Å². The van der Waals surface area contributed by atoms with Crippen molar-refractivity contribution >= 4 is 28.3 Å². The molecule has 1 amide bonds. The van der Waals surface area contributed by atoms with Gasteiger partial charge in [0.15, 0.2) is 0 Å². The van der Waals surface area contributed by atoms with Crippen LogP contribution in [0.1, 0.15) is 52.4 Å². The number of rotatable bonds is 3. The topological polar surface area (TPSA) is 49.9 Å². The van der Waals surface area contributed by atoms with Crippen molar-refractivity contribution in [1.29, 1.82) is 0 Å². The molecule has 4 bridgehead atoms. The van der Waals surface area contributed by atoms with E-state index in [0.29, 0.717) is 17.8 Å². The molecule has 2 aromatic rings. The molecule has 5 fully saturated rings. The highest BCUT2D eigenvalue weighted by Crippen LogP contribution is 2.60. The third kappa shape index (κ3) is 2.41.